The summed E-state index contributed by atoms with van der Waals surface area (Å²) in [5, 5.41) is -0.0890. The molecule has 0 saturated carbocycles. The molecule has 1 aromatic carbocycles. The van der Waals surface area contributed by atoms with E-state index in [1.165, 1.54) is 10.9 Å². The first-order valence-corrected chi connectivity index (χ1v) is 7.58. The van der Waals surface area contributed by atoms with Gasteiger partial charge in [0.15, 0.2) is 0 Å². The SMILES string of the molecule is CCc1ccc(NS(=O)(=O)c2ncn(C)c2Cl)cc1. The van der Waals surface area contributed by atoms with Crippen molar-refractivity contribution in [3.63, 3.8) is 0 Å². The molecule has 0 aliphatic heterocycles. The smallest absolute Gasteiger partial charge is 0.282 e. The molecule has 2 rings (SSSR count). The summed E-state index contributed by atoms with van der Waals surface area (Å²) in [5.74, 6) is 0. The first-order valence-electron chi connectivity index (χ1n) is 5.72. The van der Waals surface area contributed by atoms with E-state index in [0.29, 0.717) is 5.69 Å². The van der Waals surface area contributed by atoms with Crippen LogP contribution in [-0.4, -0.2) is 18.0 Å². The number of hydrogen-bond acceptors (Lipinski definition) is 3. The van der Waals surface area contributed by atoms with Crippen LogP contribution < -0.4 is 4.72 Å². The molecule has 0 radical (unpaired) electrons. The Balaban J connectivity index is 2.28. The number of nitrogens with zero attached hydrogens (tertiary/aromatic N) is 2. The molecule has 0 aliphatic carbocycles. The minimum Gasteiger partial charge on any atom is -0.324 e. The van der Waals surface area contributed by atoms with E-state index in [2.05, 4.69) is 9.71 Å². The molecule has 0 aliphatic rings. The van der Waals surface area contributed by atoms with Gasteiger partial charge < -0.3 is 4.57 Å². The Hall–Kier alpha value is -1.53. The normalized spacial score (nSPS) is 11.5. The number of halogens is 1. The summed E-state index contributed by atoms with van der Waals surface area (Å²) in [6.45, 7) is 2.03. The zero-order chi connectivity index (χ0) is 14.0. The minimum atomic E-state index is -3.76. The van der Waals surface area contributed by atoms with Crippen molar-refractivity contribution < 1.29 is 8.42 Å². The zero-order valence-electron chi connectivity index (χ0n) is 10.6. The molecule has 5 nitrogen and oxygen atoms in total. The van der Waals surface area contributed by atoms with Gasteiger partial charge in [0.25, 0.3) is 10.0 Å². The maximum Gasteiger partial charge on any atom is 0.282 e. The van der Waals surface area contributed by atoms with Crippen LogP contribution in [0.2, 0.25) is 5.15 Å². The molecule has 0 spiro atoms. The molecule has 1 aromatic heterocycles. The summed E-state index contributed by atoms with van der Waals surface area (Å²) in [5.41, 5.74) is 1.62. The van der Waals surface area contributed by atoms with Crippen molar-refractivity contribution in [2.75, 3.05) is 4.72 Å². The number of hydrogen-bond donors (Lipinski definition) is 1. The number of imidazole rings is 1. The van der Waals surface area contributed by atoms with E-state index in [1.54, 1.807) is 19.2 Å². The molecule has 0 unspecified atom stereocenters. The Kier molecular flexibility index (Phi) is 3.82. The summed E-state index contributed by atoms with van der Waals surface area (Å²) < 4.78 is 28.1. The third kappa shape index (κ3) is 2.90. The van der Waals surface area contributed by atoms with E-state index in [9.17, 15) is 8.42 Å². The van der Waals surface area contributed by atoms with E-state index >= 15 is 0 Å². The molecule has 0 amide bonds. The lowest BCUT2D eigenvalue weighted by Crippen LogP contribution is -2.14. The Morgan fingerprint density at radius 2 is 1.95 bits per heavy atom. The van der Waals surface area contributed by atoms with Gasteiger partial charge in [0.1, 0.15) is 5.15 Å². The highest BCUT2D eigenvalue weighted by Crippen LogP contribution is 2.21. The average Bonchev–Trinajstić information content (AvgIpc) is 2.71. The van der Waals surface area contributed by atoms with Crippen molar-refractivity contribution >= 4 is 27.3 Å². The Morgan fingerprint density at radius 1 is 1.32 bits per heavy atom. The third-order valence-electron chi connectivity index (χ3n) is 2.70. The van der Waals surface area contributed by atoms with Crippen LogP contribution in [0.4, 0.5) is 5.69 Å². The lowest BCUT2D eigenvalue weighted by atomic mass is 10.2. The Labute approximate surface area is 117 Å². The number of aromatic nitrogens is 2. The maximum absolute atomic E-state index is 12.1. The van der Waals surface area contributed by atoms with E-state index in [1.807, 2.05) is 19.1 Å². The fourth-order valence-electron chi connectivity index (χ4n) is 1.59. The maximum atomic E-state index is 12.1. The summed E-state index contributed by atoms with van der Waals surface area (Å²) in [4.78, 5) is 3.80. The molecular weight excluding hydrogens is 286 g/mol. The Morgan fingerprint density at radius 3 is 2.42 bits per heavy atom. The van der Waals surface area contributed by atoms with Crippen molar-refractivity contribution in [1.29, 1.82) is 0 Å². The highest BCUT2D eigenvalue weighted by Gasteiger charge is 2.22. The summed E-state index contributed by atoms with van der Waals surface area (Å²) in [6, 6.07) is 7.18. The fraction of sp³-hybridized carbons (Fsp3) is 0.250. The molecule has 7 heteroatoms. The molecule has 0 bridgehead atoms. The quantitative estimate of drug-likeness (QED) is 0.943. The largest absolute Gasteiger partial charge is 0.324 e. The second-order valence-corrected chi connectivity index (χ2v) is 6.06. The molecule has 2 aromatic rings. The third-order valence-corrected chi connectivity index (χ3v) is 4.57. The molecule has 102 valence electrons. The first kappa shape index (κ1) is 13.9. The van der Waals surface area contributed by atoms with Gasteiger partial charge in [0.05, 0.1) is 6.33 Å². The number of aryl methyl sites for hydroxylation is 2. The van der Waals surface area contributed by atoms with Crippen molar-refractivity contribution in [3.05, 3.63) is 41.3 Å². The van der Waals surface area contributed by atoms with Crippen LogP contribution in [0.15, 0.2) is 35.6 Å². The predicted octanol–water partition coefficient (Wildman–Crippen LogP) is 2.44. The first-order chi connectivity index (χ1) is 8.94. The van der Waals surface area contributed by atoms with Gasteiger partial charge in [-0.3, -0.25) is 4.72 Å². The van der Waals surface area contributed by atoms with Gasteiger partial charge in [0, 0.05) is 12.7 Å². The number of nitrogens with one attached hydrogen (secondary N) is 1. The van der Waals surface area contributed by atoms with Crippen molar-refractivity contribution in [1.82, 2.24) is 9.55 Å². The highest BCUT2D eigenvalue weighted by molar-refractivity contribution is 7.92. The van der Waals surface area contributed by atoms with Gasteiger partial charge in [-0.2, -0.15) is 8.42 Å². The van der Waals surface area contributed by atoms with Crippen LogP contribution in [0.25, 0.3) is 0 Å². The predicted molar refractivity (Wildman–Crippen MR) is 74.8 cm³/mol. The van der Waals surface area contributed by atoms with Gasteiger partial charge >= 0.3 is 0 Å². The fourth-order valence-corrected chi connectivity index (χ4v) is 3.08. The van der Waals surface area contributed by atoms with Crippen LogP contribution in [0.1, 0.15) is 12.5 Å². The van der Waals surface area contributed by atoms with Gasteiger partial charge in [0.2, 0.25) is 5.03 Å². The van der Waals surface area contributed by atoms with Gasteiger partial charge in [-0.25, -0.2) is 4.98 Å². The number of sulfonamides is 1. The second-order valence-electron chi connectivity index (χ2n) is 4.11. The van der Waals surface area contributed by atoms with Crippen molar-refractivity contribution in [2.45, 2.75) is 18.4 Å². The van der Waals surface area contributed by atoms with Crippen LogP contribution in [0.3, 0.4) is 0 Å². The van der Waals surface area contributed by atoms with Gasteiger partial charge in [-0.15, -0.1) is 0 Å². The molecular formula is C12H14ClN3O2S. The summed E-state index contributed by atoms with van der Waals surface area (Å²) >= 11 is 5.89. The number of benzene rings is 1. The molecule has 19 heavy (non-hydrogen) atoms. The van der Waals surface area contributed by atoms with E-state index in [4.69, 9.17) is 11.6 Å². The minimum absolute atomic E-state index is 0.0812. The van der Waals surface area contributed by atoms with E-state index in [0.717, 1.165) is 12.0 Å². The summed E-state index contributed by atoms with van der Waals surface area (Å²) in [7, 11) is -2.13. The van der Waals surface area contributed by atoms with Crippen LogP contribution in [0.5, 0.6) is 0 Å². The lowest BCUT2D eigenvalue weighted by Gasteiger charge is -2.07. The average molecular weight is 300 g/mol. The second kappa shape index (κ2) is 5.22. The molecule has 1 N–H and O–H groups in total. The topological polar surface area (TPSA) is 64.0 Å². The van der Waals surface area contributed by atoms with Crippen LogP contribution in [-0.2, 0) is 23.5 Å². The molecule has 1 heterocycles. The van der Waals surface area contributed by atoms with E-state index < -0.39 is 10.0 Å². The van der Waals surface area contributed by atoms with Gasteiger partial charge in [-0.05, 0) is 24.1 Å². The molecule has 0 fully saturated rings. The van der Waals surface area contributed by atoms with Crippen LogP contribution in [0, 0.1) is 0 Å². The lowest BCUT2D eigenvalue weighted by molar-refractivity contribution is 0.598. The van der Waals surface area contributed by atoms with Crippen molar-refractivity contribution in [3.8, 4) is 0 Å². The summed E-state index contributed by atoms with van der Waals surface area (Å²) in [6.07, 6.45) is 2.26. The van der Waals surface area contributed by atoms with E-state index in [-0.39, 0.29) is 10.2 Å². The zero-order valence-corrected chi connectivity index (χ0v) is 12.2. The molecule has 0 saturated heterocycles. The van der Waals surface area contributed by atoms with Crippen molar-refractivity contribution in [2.24, 2.45) is 7.05 Å². The Bertz CT molecular complexity index is 678. The van der Waals surface area contributed by atoms with Crippen LogP contribution >= 0.6 is 11.6 Å². The number of anilines is 1. The number of rotatable bonds is 4. The highest BCUT2D eigenvalue weighted by atomic mass is 35.5. The molecule has 0 atom stereocenters. The standard InChI is InChI=1S/C12H14ClN3O2S/c1-3-9-4-6-10(7-5-9)15-19(17,18)12-11(13)16(2)8-14-12/h4-8,15H,3H2,1-2H3. The van der Waals surface area contributed by atoms with Gasteiger partial charge in [-0.1, -0.05) is 30.7 Å². The monoisotopic (exact) mass is 299 g/mol.